The maximum atomic E-state index is 8.88. The molecule has 3 rings (SSSR count). The summed E-state index contributed by atoms with van der Waals surface area (Å²) in [5, 5.41) is 13.1. The Morgan fingerprint density at radius 1 is 1.00 bits per heavy atom. The van der Waals surface area contributed by atoms with Gasteiger partial charge in [0.1, 0.15) is 5.82 Å². The highest BCUT2D eigenvalue weighted by molar-refractivity contribution is 5.91. The Hall–Kier alpha value is -2.93. The molecule has 90 valence electrons. The Morgan fingerprint density at radius 2 is 1.89 bits per heavy atom. The van der Waals surface area contributed by atoms with E-state index in [0.717, 1.165) is 16.6 Å². The number of nitrogens with zero attached hydrogens (tertiary/aromatic N) is 3. The van der Waals surface area contributed by atoms with Crippen molar-refractivity contribution in [2.75, 3.05) is 5.32 Å². The number of anilines is 2. The molecular weight excluding hydrogens is 236 g/mol. The van der Waals surface area contributed by atoms with Crippen LogP contribution in [-0.2, 0) is 0 Å². The lowest BCUT2D eigenvalue weighted by molar-refractivity contribution is 1.29. The molecule has 0 unspecified atom stereocenters. The van der Waals surface area contributed by atoms with Gasteiger partial charge in [-0.25, -0.2) is 4.98 Å². The zero-order valence-electron chi connectivity index (χ0n) is 10.0. The van der Waals surface area contributed by atoms with E-state index >= 15 is 0 Å². The second kappa shape index (κ2) is 4.75. The van der Waals surface area contributed by atoms with Gasteiger partial charge in [0.15, 0.2) is 0 Å². The van der Waals surface area contributed by atoms with Crippen LogP contribution in [0.4, 0.5) is 11.5 Å². The molecule has 0 aliphatic rings. The Morgan fingerprint density at radius 3 is 2.79 bits per heavy atom. The molecule has 0 aliphatic heterocycles. The summed E-state index contributed by atoms with van der Waals surface area (Å²) in [6.45, 7) is 0. The fraction of sp³-hybridized carbons (Fsp3) is 0. The van der Waals surface area contributed by atoms with E-state index in [1.54, 1.807) is 24.5 Å². The van der Waals surface area contributed by atoms with Crippen LogP contribution in [0.25, 0.3) is 10.9 Å². The van der Waals surface area contributed by atoms with Crippen LogP contribution < -0.4 is 5.32 Å². The van der Waals surface area contributed by atoms with Gasteiger partial charge in [-0.3, -0.25) is 4.98 Å². The highest BCUT2D eigenvalue weighted by atomic mass is 15.0. The molecule has 0 saturated carbocycles. The van der Waals surface area contributed by atoms with Gasteiger partial charge >= 0.3 is 0 Å². The molecule has 0 amide bonds. The number of hydrogen-bond donors (Lipinski definition) is 1. The summed E-state index contributed by atoms with van der Waals surface area (Å²) in [4.78, 5) is 8.56. The highest BCUT2D eigenvalue weighted by Crippen LogP contribution is 2.23. The van der Waals surface area contributed by atoms with E-state index in [4.69, 9.17) is 5.26 Å². The second-order valence-corrected chi connectivity index (χ2v) is 4.05. The summed E-state index contributed by atoms with van der Waals surface area (Å²) in [6.07, 6.45) is 3.37. The Balaban J connectivity index is 2.04. The van der Waals surface area contributed by atoms with Gasteiger partial charge in [0, 0.05) is 17.8 Å². The third kappa shape index (κ3) is 2.22. The fourth-order valence-electron chi connectivity index (χ4n) is 1.91. The van der Waals surface area contributed by atoms with Crippen LogP contribution in [0.1, 0.15) is 5.56 Å². The van der Waals surface area contributed by atoms with Crippen LogP contribution >= 0.6 is 0 Å². The smallest absolute Gasteiger partial charge is 0.131 e. The van der Waals surface area contributed by atoms with Crippen molar-refractivity contribution in [2.45, 2.75) is 0 Å². The largest absolute Gasteiger partial charge is 0.338 e. The lowest BCUT2D eigenvalue weighted by atomic mass is 10.2. The van der Waals surface area contributed by atoms with Crippen molar-refractivity contribution in [1.29, 1.82) is 5.26 Å². The summed E-state index contributed by atoms with van der Waals surface area (Å²) in [7, 11) is 0. The Bertz CT molecular complexity index is 769. The van der Waals surface area contributed by atoms with Crippen molar-refractivity contribution in [1.82, 2.24) is 9.97 Å². The van der Waals surface area contributed by atoms with Gasteiger partial charge in [-0.2, -0.15) is 5.26 Å². The van der Waals surface area contributed by atoms with Crippen molar-refractivity contribution >= 4 is 22.4 Å². The van der Waals surface area contributed by atoms with Gasteiger partial charge < -0.3 is 5.32 Å². The van der Waals surface area contributed by atoms with Gasteiger partial charge in [-0.1, -0.05) is 18.2 Å². The van der Waals surface area contributed by atoms with Gasteiger partial charge in [0.2, 0.25) is 0 Å². The van der Waals surface area contributed by atoms with Gasteiger partial charge in [0.25, 0.3) is 0 Å². The lowest BCUT2D eigenvalue weighted by Gasteiger charge is -2.08. The van der Waals surface area contributed by atoms with E-state index in [0.29, 0.717) is 11.4 Å². The predicted molar refractivity (Wildman–Crippen MR) is 74.0 cm³/mol. The van der Waals surface area contributed by atoms with E-state index in [2.05, 4.69) is 21.4 Å². The first-order valence-corrected chi connectivity index (χ1v) is 5.84. The minimum absolute atomic E-state index is 0.575. The molecule has 0 radical (unpaired) electrons. The van der Waals surface area contributed by atoms with E-state index in [-0.39, 0.29) is 0 Å². The molecule has 1 aromatic carbocycles. The lowest BCUT2D eigenvalue weighted by Crippen LogP contribution is -1.95. The molecule has 0 bridgehead atoms. The van der Waals surface area contributed by atoms with Crippen LogP contribution in [0.5, 0.6) is 0 Å². The molecule has 4 nitrogen and oxygen atoms in total. The van der Waals surface area contributed by atoms with Crippen LogP contribution in [0.3, 0.4) is 0 Å². The monoisotopic (exact) mass is 246 g/mol. The minimum Gasteiger partial charge on any atom is -0.338 e. The van der Waals surface area contributed by atoms with E-state index in [1.807, 2.05) is 30.3 Å². The third-order valence-corrected chi connectivity index (χ3v) is 2.78. The van der Waals surface area contributed by atoms with Crippen LogP contribution in [0, 0.1) is 11.3 Å². The maximum Gasteiger partial charge on any atom is 0.131 e. The average Bonchev–Trinajstić information content (AvgIpc) is 2.48. The number of aromatic nitrogens is 2. The van der Waals surface area contributed by atoms with Crippen molar-refractivity contribution in [3.05, 3.63) is 60.4 Å². The molecule has 0 saturated heterocycles. The number of nitrogens with one attached hydrogen (secondary N) is 1. The highest BCUT2D eigenvalue weighted by Gasteiger charge is 2.03. The van der Waals surface area contributed by atoms with Crippen LogP contribution in [0.15, 0.2) is 54.9 Å². The number of hydrogen-bond acceptors (Lipinski definition) is 4. The Labute approximate surface area is 110 Å². The number of benzene rings is 1. The first-order valence-electron chi connectivity index (χ1n) is 5.84. The van der Waals surface area contributed by atoms with Gasteiger partial charge in [0.05, 0.1) is 22.8 Å². The third-order valence-electron chi connectivity index (χ3n) is 2.78. The number of fused-ring (bicyclic) bond motifs is 1. The molecule has 19 heavy (non-hydrogen) atoms. The second-order valence-electron chi connectivity index (χ2n) is 4.05. The van der Waals surface area contributed by atoms with Gasteiger partial charge in [-0.15, -0.1) is 0 Å². The molecule has 4 heteroatoms. The van der Waals surface area contributed by atoms with E-state index in [1.165, 1.54) is 0 Å². The first-order chi connectivity index (χ1) is 9.36. The quantitative estimate of drug-likeness (QED) is 0.754. The molecule has 1 N–H and O–H groups in total. The topological polar surface area (TPSA) is 61.6 Å². The fourth-order valence-corrected chi connectivity index (χ4v) is 1.91. The van der Waals surface area contributed by atoms with E-state index < -0.39 is 0 Å². The number of rotatable bonds is 2. The van der Waals surface area contributed by atoms with Gasteiger partial charge in [-0.05, 0) is 24.3 Å². The SMILES string of the molecule is N#Cc1ccnc(Nc2cccc3cccnc23)c1. The van der Waals surface area contributed by atoms with Crippen molar-refractivity contribution in [2.24, 2.45) is 0 Å². The normalized spacial score (nSPS) is 10.1. The summed E-state index contributed by atoms with van der Waals surface area (Å²) in [5.41, 5.74) is 2.33. The average molecular weight is 246 g/mol. The Kier molecular flexibility index (Phi) is 2.79. The molecule has 2 aromatic heterocycles. The maximum absolute atomic E-state index is 8.88. The number of nitriles is 1. The van der Waals surface area contributed by atoms with Crippen molar-refractivity contribution < 1.29 is 0 Å². The zero-order chi connectivity index (χ0) is 13.1. The first kappa shape index (κ1) is 11.2. The summed E-state index contributed by atoms with van der Waals surface area (Å²) in [5.74, 6) is 0.636. The summed E-state index contributed by atoms with van der Waals surface area (Å²) >= 11 is 0. The van der Waals surface area contributed by atoms with Crippen molar-refractivity contribution in [3.63, 3.8) is 0 Å². The van der Waals surface area contributed by atoms with Crippen LogP contribution in [0.2, 0.25) is 0 Å². The van der Waals surface area contributed by atoms with Crippen molar-refractivity contribution in [3.8, 4) is 6.07 Å². The molecular formula is C15H10N4. The summed E-state index contributed by atoms with van der Waals surface area (Å²) in [6, 6.07) is 15.3. The van der Waals surface area contributed by atoms with Crippen LogP contribution in [-0.4, -0.2) is 9.97 Å². The molecule has 2 heterocycles. The standard InChI is InChI=1S/C15H10N4/c16-10-11-6-8-17-14(9-11)19-13-5-1-3-12-4-2-7-18-15(12)13/h1-9H,(H,17,19). The molecule has 0 atom stereocenters. The summed E-state index contributed by atoms with van der Waals surface area (Å²) < 4.78 is 0. The molecule has 0 fully saturated rings. The predicted octanol–water partition coefficient (Wildman–Crippen LogP) is 3.25. The molecule has 0 aliphatic carbocycles. The number of pyridine rings is 2. The molecule has 0 spiro atoms. The number of para-hydroxylation sites is 1. The zero-order valence-corrected chi connectivity index (χ0v) is 10.0. The van der Waals surface area contributed by atoms with E-state index in [9.17, 15) is 0 Å². The minimum atomic E-state index is 0.575. The molecule has 3 aromatic rings.